The first-order chi connectivity index (χ1) is 9.61. The van der Waals surface area contributed by atoms with Crippen LogP contribution >= 0.6 is 0 Å². The zero-order valence-electron chi connectivity index (χ0n) is 11.3. The molecule has 0 bridgehead atoms. The number of benzene rings is 1. The number of carbonyl (C=O) groups is 1. The Labute approximate surface area is 116 Å². The summed E-state index contributed by atoms with van der Waals surface area (Å²) in [6.45, 7) is 2.00. The quantitative estimate of drug-likeness (QED) is 0.931. The van der Waals surface area contributed by atoms with Crippen molar-refractivity contribution in [3.63, 3.8) is 0 Å². The molecule has 0 aliphatic heterocycles. The van der Waals surface area contributed by atoms with Gasteiger partial charge in [0, 0.05) is 23.9 Å². The summed E-state index contributed by atoms with van der Waals surface area (Å²) in [6.07, 6.45) is 1.62. The average Bonchev–Trinajstić information content (AvgIpc) is 2.45. The summed E-state index contributed by atoms with van der Waals surface area (Å²) in [5.74, 6) is -0.134. The van der Waals surface area contributed by atoms with E-state index in [4.69, 9.17) is 4.74 Å². The van der Waals surface area contributed by atoms with Crippen LogP contribution in [0.1, 0.15) is 21.5 Å². The van der Waals surface area contributed by atoms with Crippen LogP contribution in [0.3, 0.4) is 0 Å². The van der Waals surface area contributed by atoms with Crippen LogP contribution < -0.4 is 10.1 Å². The van der Waals surface area contributed by atoms with Crippen LogP contribution in [0.4, 0.5) is 4.39 Å². The maximum absolute atomic E-state index is 13.0. The fraction of sp³-hybridized carbons (Fsp3) is 0.200. The molecule has 1 aromatic heterocycles. The highest BCUT2D eigenvalue weighted by molar-refractivity contribution is 5.95. The number of rotatable bonds is 4. The smallest absolute Gasteiger partial charge is 0.251 e. The molecule has 0 radical (unpaired) electrons. The molecule has 104 valence electrons. The van der Waals surface area contributed by atoms with Gasteiger partial charge in [0.1, 0.15) is 5.82 Å². The van der Waals surface area contributed by atoms with Gasteiger partial charge in [0.05, 0.1) is 7.11 Å². The molecule has 1 N–H and O–H groups in total. The van der Waals surface area contributed by atoms with Crippen molar-refractivity contribution < 1.29 is 13.9 Å². The van der Waals surface area contributed by atoms with Gasteiger partial charge in [0.25, 0.3) is 5.91 Å². The topological polar surface area (TPSA) is 51.2 Å². The number of carbonyl (C=O) groups excluding carboxylic acids is 1. The molecule has 1 heterocycles. The lowest BCUT2D eigenvalue weighted by molar-refractivity contribution is 0.0950. The molecule has 20 heavy (non-hydrogen) atoms. The first-order valence-electron chi connectivity index (χ1n) is 6.14. The highest BCUT2D eigenvalue weighted by Crippen LogP contribution is 2.14. The third-order valence-corrected chi connectivity index (χ3v) is 2.92. The van der Waals surface area contributed by atoms with Crippen LogP contribution in [-0.2, 0) is 6.54 Å². The maximum Gasteiger partial charge on any atom is 0.251 e. The molecule has 2 rings (SSSR count). The van der Waals surface area contributed by atoms with Gasteiger partial charge in [0.2, 0.25) is 5.88 Å². The van der Waals surface area contributed by atoms with E-state index in [0.717, 1.165) is 5.56 Å². The Morgan fingerprint density at radius 3 is 2.90 bits per heavy atom. The van der Waals surface area contributed by atoms with Crippen molar-refractivity contribution in [3.05, 3.63) is 59.0 Å². The molecule has 4 nitrogen and oxygen atoms in total. The number of hydrogen-bond donors (Lipinski definition) is 1. The van der Waals surface area contributed by atoms with Crippen molar-refractivity contribution >= 4 is 5.91 Å². The van der Waals surface area contributed by atoms with Crippen molar-refractivity contribution in [3.8, 4) is 5.88 Å². The molecule has 0 aliphatic carbocycles. The average molecular weight is 274 g/mol. The van der Waals surface area contributed by atoms with Gasteiger partial charge in [-0.15, -0.1) is 0 Å². The van der Waals surface area contributed by atoms with E-state index in [1.54, 1.807) is 19.2 Å². The number of halogens is 1. The van der Waals surface area contributed by atoms with Crippen LogP contribution in [0.25, 0.3) is 0 Å². The van der Waals surface area contributed by atoms with Crippen LogP contribution in [-0.4, -0.2) is 18.0 Å². The van der Waals surface area contributed by atoms with Gasteiger partial charge in [0.15, 0.2) is 0 Å². The Bertz CT molecular complexity index is 629. The lowest BCUT2D eigenvalue weighted by Gasteiger charge is -2.10. The number of aromatic nitrogens is 1. The minimum atomic E-state index is -0.354. The predicted octanol–water partition coefficient (Wildman–Crippen LogP) is 2.47. The fourth-order valence-corrected chi connectivity index (χ4v) is 1.90. The van der Waals surface area contributed by atoms with Crippen molar-refractivity contribution in [2.24, 2.45) is 0 Å². The molecule has 2 aromatic rings. The van der Waals surface area contributed by atoms with Crippen LogP contribution in [0.2, 0.25) is 0 Å². The SMILES string of the molecule is COc1ncccc1CNC(=O)c1ccc(F)cc1C. The van der Waals surface area contributed by atoms with Crippen molar-refractivity contribution in [2.75, 3.05) is 7.11 Å². The Balaban J connectivity index is 2.09. The van der Waals surface area contributed by atoms with Gasteiger partial charge in [-0.1, -0.05) is 6.07 Å². The molecule has 0 aliphatic rings. The number of aryl methyl sites for hydroxylation is 1. The summed E-state index contributed by atoms with van der Waals surface area (Å²) < 4.78 is 18.1. The minimum Gasteiger partial charge on any atom is -0.481 e. The van der Waals surface area contributed by atoms with E-state index in [9.17, 15) is 9.18 Å². The number of hydrogen-bond acceptors (Lipinski definition) is 3. The number of methoxy groups -OCH3 is 1. The minimum absolute atomic E-state index is 0.256. The largest absolute Gasteiger partial charge is 0.481 e. The summed E-state index contributed by atoms with van der Waals surface area (Å²) in [7, 11) is 1.53. The zero-order valence-corrected chi connectivity index (χ0v) is 11.3. The Morgan fingerprint density at radius 1 is 1.40 bits per heavy atom. The van der Waals surface area contributed by atoms with Gasteiger partial charge in [-0.25, -0.2) is 9.37 Å². The normalized spacial score (nSPS) is 10.2. The summed E-state index contributed by atoms with van der Waals surface area (Å²) in [5, 5.41) is 2.77. The van der Waals surface area contributed by atoms with E-state index in [0.29, 0.717) is 23.6 Å². The maximum atomic E-state index is 13.0. The van der Waals surface area contributed by atoms with E-state index < -0.39 is 0 Å². The molecule has 0 fully saturated rings. The summed E-state index contributed by atoms with van der Waals surface area (Å²) in [5.41, 5.74) is 1.83. The van der Waals surface area contributed by atoms with E-state index in [-0.39, 0.29) is 11.7 Å². The lowest BCUT2D eigenvalue weighted by Crippen LogP contribution is -2.24. The van der Waals surface area contributed by atoms with Gasteiger partial charge < -0.3 is 10.1 Å². The highest BCUT2D eigenvalue weighted by atomic mass is 19.1. The molecule has 1 amide bonds. The second kappa shape index (κ2) is 6.14. The Hall–Kier alpha value is -2.43. The van der Waals surface area contributed by atoms with E-state index in [1.165, 1.54) is 25.3 Å². The molecular formula is C15H15FN2O2. The van der Waals surface area contributed by atoms with Gasteiger partial charge in [-0.3, -0.25) is 4.79 Å². The number of amides is 1. The predicted molar refractivity (Wildman–Crippen MR) is 73.1 cm³/mol. The highest BCUT2D eigenvalue weighted by Gasteiger charge is 2.10. The van der Waals surface area contributed by atoms with E-state index in [2.05, 4.69) is 10.3 Å². The number of pyridine rings is 1. The molecule has 1 aromatic carbocycles. The lowest BCUT2D eigenvalue weighted by atomic mass is 10.1. The van der Waals surface area contributed by atoms with Crippen LogP contribution in [0, 0.1) is 12.7 Å². The third-order valence-electron chi connectivity index (χ3n) is 2.92. The monoisotopic (exact) mass is 274 g/mol. The molecule has 5 heteroatoms. The fourth-order valence-electron chi connectivity index (χ4n) is 1.90. The van der Waals surface area contributed by atoms with E-state index >= 15 is 0 Å². The van der Waals surface area contributed by atoms with Crippen molar-refractivity contribution in [2.45, 2.75) is 13.5 Å². The third kappa shape index (κ3) is 3.12. The molecule has 0 saturated carbocycles. The van der Waals surface area contributed by atoms with Crippen molar-refractivity contribution in [1.82, 2.24) is 10.3 Å². The molecule has 0 saturated heterocycles. The second-order valence-corrected chi connectivity index (χ2v) is 4.31. The van der Waals surface area contributed by atoms with Crippen molar-refractivity contribution in [1.29, 1.82) is 0 Å². The first-order valence-corrected chi connectivity index (χ1v) is 6.14. The zero-order chi connectivity index (χ0) is 14.5. The van der Waals surface area contributed by atoms with Gasteiger partial charge in [-0.05, 0) is 36.8 Å². The van der Waals surface area contributed by atoms with Gasteiger partial charge in [-0.2, -0.15) is 0 Å². The van der Waals surface area contributed by atoms with Gasteiger partial charge >= 0.3 is 0 Å². The van der Waals surface area contributed by atoms with E-state index in [1.807, 2.05) is 6.07 Å². The molecular weight excluding hydrogens is 259 g/mol. The number of nitrogens with one attached hydrogen (secondary N) is 1. The molecule has 0 spiro atoms. The van der Waals surface area contributed by atoms with Crippen LogP contribution in [0.5, 0.6) is 5.88 Å². The molecule has 0 atom stereocenters. The van der Waals surface area contributed by atoms with Crippen LogP contribution in [0.15, 0.2) is 36.5 Å². The summed E-state index contributed by atoms with van der Waals surface area (Å²) >= 11 is 0. The second-order valence-electron chi connectivity index (χ2n) is 4.31. The summed E-state index contributed by atoms with van der Waals surface area (Å²) in [6, 6.07) is 7.67. The Kier molecular flexibility index (Phi) is 4.30. The standard InChI is InChI=1S/C15H15FN2O2/c1-10-8-12(16)5-6-13(10)14(19)18-9-11-4-3-7-17-15(11)20-2/h3-8H,9H2,1-2H3,(H,18,19). The summed E-state index contributed by atoms with van der Waals surface area (Å²) in [4.78, 5) is 16.1. The first kappa shape index (κ1) is 14.0. The number of ether oxygens (including phenoxy) is 1. The molecule has 0 unspecified atom stereocenters. The Morgan fingerprint density at radius 2 is 2.20 bits per heavy atom. The number of nitrogens with zero attached hydrogens (tertiary/aromatic N) is 1.